The molecule has 1 atom stereocenters. The van der Waals surface area contributed by atoms with Gasteiger partial charge in [0.25, 0.3) is 0 Å². The third-order valence-corrected chi connectivity index (χ3v) is 11.5. The fourth-order valence-electron chi connectivity index (χ4n) is 7.13. The first kappa shape index (κ1) is 104. The Hall–Kier alpha value is -12.0. The Morgan fingerprint density at radius 2 is 0.905 bits per heavy atom. The van der Waals surface area contributed by atoms with Crippen LogP contribution >= 0.6 is 29.4 Å². The van der Waals surface area contributed by atoms with Gasteiger partial charge in [-0.2, -0.15) is 22.6 Å². The Balaban J connectivity index is -0.000000289. The predicted molar refractivity (Wildman–Crippen MR) is 433 cm³/mol. The molecule has 25 heteroatoms. The van der Waals surface area contributed by atoms with Crippen molar-refractivity contribution in [3.8, 4) is 166 Å². The van der Waals surface area contributed by atoms with E-state index in [2.05, 4.69) is 218 Å². The molecule has 0 bridgehead atoms. The van der Waals surface area contributed by atoms with Crippen molar-refractivity contribution in [3.05, 3.63) is 132 Å². The maximum atomic E-state index is 9.55. The molecule has 13 N–H and O–H groups in total. The molecule has 0 spiro atoms. The number of nitrogens with zero attached hydrogens (tertiary/aromatic N) is 9. The number of benzene rings is 2. The third kappa shape index (κ3) is 46.9. The second kappa shape index (κ2) is 64.1. The van der Waals surface area contributed by atoms with E-state index in [0.29, 0.717) is 34.6 Å². The average Bonchev–Trinajstić information content (AvgIpc) is 0.842. The Labute approximate surface area is 663 Å². The zero-order valence-corrected chi connectivity index (χ0v) is 65.2. The molecule has 542 valence electrons. The van der Waals surface area contributed by atoms with Gasteiger partial charge in [0.2, 0.25) is 17.8 Å². The number of terminal acetylenes is 2. The van der Waals surface area contributed by atoms with E-state index in [1.165, 1.54) is 13.1 Å². The van der Waals surface area contributed by atoms with Gasteiger partial charge in [-0.15, -0.1) is 42.2 Å². The Kier molecular flexibility index (Phi) is 63.5. The van der Waals surface area contributed by atoms with Crippen LogP contribution in [0.25, 0.3) is 0 Å². The summed E-state index contributed by atoms with van der Waals surface area (Å²) in [6, 6.07) is 28.9. The molecule has 4 aromatic heterocycles. The summed E-state index contributed by atoms with van der Waals surface area (Å²) in [5.74, 6) is 54.1. The number of halogens is 2. The van der Waals surface area contributed by atoms with E-state index in [4.69, 9.17) is 60.5 Å². The van der Waals surface area contributed by atoms with E-state index in [0.717, 1.165) is 41.0 Å². The standard InChI is InChI=1S/C22H2.C18H20N4O.C16H27N5O.C13H18N6O.C6H7N.C2H6N2.CH3O.2CH4.BrH.ClH.Na/c1-3-5-7-9-11-13-15-17-19-21-22-20-18-16-14-12-10-8-6-4-2;1-13(2)16-12-22-18(20-3)9-17(16)23-15(10-19)11-21-14-7-5-4-6-8-14;1-11(2)12-10-19-15(18-3)8-13(12)22-14(9-17)16(20(4)5)21(6)7;1-7(2)8-5-17-11(16-3)4-9(8)20-10-6-18-13(15)19-12(10)14;7-6-4-2-1-3-5-6;1-2(3)4;1-2;;;;;/h1-2H;4-9,11-13,21H,1-3H3,(H,20,22);8,10-11,14,16H,1-7H3,(H,18,19);4-7H,1-3H3,(H,16,17)(H4,14,15,18,19);1-5H,7H2;1H3,(H3,3,4);1H3;2*1H4;2*1H;/q;;;;;;-1;;;;;+1/b;15-11+;;;;;;;;;;. The number of nitrogen functional groups attached to an aromatic ring is 3. The monoisotopic (exact) mass is 1510 g/mol. The van der Waals surface area contributed by atoms with E-state index in [1.807, 2.05) is 118 Å². The number of aromatic nitrogens is 5. The van der Waals surface area contributed by atoms with Gasteiger partial charge in [-0.25, -0.2) is 19.9 Å². The van der Waals surface area contributed by atoms with Crippen LogP contribution in [-0.2, 0) is 0 Å². The zero-order valence-electron chi connectivity index (χ0n) is 60.7. The van der Waals surface area contributed by atoms with E-state index in [1.54, 1.807) is 45.0 Å². The number of ether oxygens (including phenoxy) is 3. The smallest absolute Gasteiger partial charge is 0.857 e. The Bertz CT molecular complexity index is 4320. The van der Waals surface area contributed by atoms with Crippen LogP contribution in [0.1, 0.15) is 97.8 Å². The van der Waals surface area contributed by atoms with Gasteiger partial charge in [0, 0.05) is 110 Å². The summed E-state index contributed by atoms with van der Waals surface area (Å²) in [5, 5.41) is 45.4. The fraction of sp³-hybridized carbons (Fsp3) is 0.275. The van der Waals surface area contributed by atoms with Crippen LogP contribution in [0.4, 0.5) is 40.6 Å². The fourth-order valence-corrected chi connectivity index (χ4v) is 7.13. The normalized spacial score (nSPS) is 8.76. The average molecular weight is 1510 g/mol. The van der Waals surface area contributed by atoms with Crippen molar-refractivity contribution < 1.29 is 48.9 Å². The second-order valence-corrected chi connectivity index (χ2v) is 20.5. The minimum Gasteiger partial charge on any atom is -0.857 e. The summed E-state index contributed by atoms with van der Waals surface area (Å²) in [6.45, 7) is 13.9. The van der Waals surface area contributed by atoms with Crippen LogP contribution in [0.3, 0.4) is 0 Å². The van der Waals surface area contributed by atoms with Crippen LogP contribution in [0.2, 0.25) is 0 Å². The van der Waals surface area contributed by atoms with Gasteiger partial charge in [-0.05, 0) is 172 Å². The van der Waals surface area contributed by atoms with Gasteiger partial charge in [-0.1, -0.05) is 92.8 Å². The van der Waals surface area contributed by atoms with Gasteiger partial charge < -0.3 is 63.5 Å². The number of allylic oxidation sites excluding steroid dienone is 1. The molecule has 0 saturated heterocycles. The molecule has 6 rings (SSSR count). The molecular formula is C80H93BrClN18NaO4. The number of para-hydroxylation sites is 2. The number of anilines is 7. The molecule has 0 aliphatic heterocycles. The summed E-state index contributed by atoms with van der Waals surface area (Å²) in [7, 11) is 13.9. The first-order chi connectivity index (χ1) is 48.0. The first-order valence-corrected chi connectivity index (χ1v) is 30.0. The molecule has 105 heavy (non-hydrogen) atoms. The van der Waals surface area contributed by atoms with Crippen LogP contribution in [0.15, 0.2) is 116 Å². The molecule has 0 fully saturated rings. The molecule has 22 nitrogen and oxygen atoms in total. The molecule has 2 aromatic carbocycles. The van der Waals surface area contributed by atoms with Crippen LogP contribution in [0.5, 0.6) is 23.0 Å². The van der Waals surface area contributed by atoms with Crippen LogP contribution < -0.4 is 93.1 Å². The van der Waals surface area contributed by atoms with Gasteiger partial charge in [0.15, 0.2) is 11.6 Å². The molecule has 4 heterocycles. The summed E-state index contributed by atoms with van der Waals surface area (Å²) >= 11 is 0. The third-order valence-electron chi connectivity index (χ3n) is 11.5. The summed E-state index contributed by atoms with van der Waals surface area (Å²) in [4.78, 5) is 24.6. The van der Waals surface area contributed by atoms with Crippen molar-refractivity contribution in [2.24, 2.45) is 5.73 Å². The van der Waals surface area contributed by atoms with Crippen molar-refractivity contribution >= 4 is 75.8 Å². The Morgan fingerprint density at radius 1 is 0.562 bits per heavy atom. The van der Waals surface area contributed by atoms with Gasteiger partial charge in [0.1, 0.15) is 53.0 Å². The van der Waals surface area contributed by atoms with E-state index >= 15 is 0 Å². The van der Waals surface area contributed by atoms with Crippen molar-refractivity contribution in [2.75, 3.05) is 94.9 Å². The molecule has 0 saturated carbocycles. The van der Waals surface area contributed by atoms with E-state index < -0.39 is 6.10 Å². The van der Waals surface area contributed by atoms with Crippen molar-refractivity contribution in [1.29, 1.82) is 15.9 Å². The van der Waals surface area contributed by atoms with Crippen LogP contribution in [0, 0.1) is 159 Å². The van der Waals surface area contributed by atoms with Crippen molar-refractivity contribution in [1.82, 2.24) is 34.7 Å². The second-order valence-electron chi connectivity index (χ2n) is 20.5. The minimum absolute atomic E-state index is 0. The van der Waals surface area contributed by atoms with E-state index in [9.17, 15) is 10.5 Å². The largest absolute Gasteiger partial charge is 1.00 e. The van der Waals surface area contributed by atoms with Crippen LogP contribution in [-0.4, -0.2) is 109 Å². The predicted octanol–water partition coefficient (Wildman–Crippen LogP) is 7.81. The number of pyridine rings is 3. The van der Waals surface area contributed by atoms with Gasteiger partial charge in [-0.3, -0.25) is 15.2 Å². The zero-order chi connectivity index (χ0) is 75.0. The number of likely N-dealkylation sites (N-methyl/N-ethyl adjacent to an activating group) is 2. The molecule has 0 aliphatic rings. The number of amidine groups is 1. The van der Waals surface area contributed by atoms with Gasteiger partial charge >= 0.3 is 29.6 Å². The first-order valence-electron chi connectivity index (χ1n) is 30.0. The van der Waals surface area contributed by atoms with Crippen molar-refractivity contribution in [2.45, 2.75) is 93.3 Å². The topological polar surface area (TPSA) is 345 Å². The molecule has 0 amide bonds. The molecular weight excluding hydrogens is 1420 g/mol. The number of hydrogen-bond acceptors (Lipinski definition) is 21. The quantitative estimate of drug-likeness (QED) is 0.00614. The number of hydrogen-bond donors (Lipinski definition) is 9. The molecule has 6 aromatic rings. The molecule has 1 unspecified atom stereocenters. The van der Waals surface area contributed by atoms with Crippen molar-refractivity contribution in [3.63, 3.8) is 0 Å². The summed E-state index contributed by atoms with van der Waals surface area (Å²) in [6.07, 6.45) is 17.4. The SMILES string of the molecule is Br.C.C.C#CC#CC#CC#CC#CC#CC#CC#CC#CC#CC#C.CC(=N)N.CNc1cc(O/C(C#N)=C/Nc2ccccc2)c(C(C)C)cn1.CNc1cc(OC(C#N)C(N(C)C)N(C)C)c(C(C)C)cn1.CNc1cc(Oc2cnc(N)nc2N)c(C(C)C)cn1.C[O-].Cl.Nc1ccccc1.[Na+]. The Morgan fingerprint density at radius 3 is 1.22 bits per heavy atom. The summed E-state index contributed by atoms with van der Waals surface area (Å²) in [5.41, 5.74) is 25.9. The number of nitriles is 2. The molecule has 0 radical (unpaired) electrons. The number of nitrogens with one attached hydrogen (secondary N) is 5. The number of nitrogens with two attached hydrogens (primary N) is 4. The minimum atomic E-state index is -0.602. The van der Waals surface area contributed by atoms with E-state index in [-0.39, 0.29) is 121 Å². The summed E-state index contributed by atoms with van der Waals surface area (Å²) < 4.78 is 17.7. The maximum absolute atomic E-state index is 9.55. The van der Waals surface area contributed by atoms with Gasteiger partial charge in [0.05, 0.1) is 18.2 Å². The maximum Gasteiger partial charge on any atom is 1.00 e. The molecule has 0 aliphatic carbocycles. The number of rotatable bonds is 17.